The van der Waals surface area contributed by atoms with Crippen LogP contribution in [0.15, 0.2) is 24.3 Å². The molecule has 4 heteroatoms. The predicted molar refractivity (Wildman–Crippen MR) is 70.1 cm³/mol. The Labute approximate surface area is 107 Å². The van der Waals surface area contributed by atoms with Crippen molar-refractivity contribution in [2.24, 2.45) is 0 Å². The Morgan fingerprint density at radius 2 is 2.28 bits per heavy atom. The van der Waals surface area contributed by atoms with Crippen molar-refractivity contribution in [1.82, 2.24) is 0 Å². The van der Waals surface area contributed by atoms with Gasteiger partial charge in [0.25, 0.3) is 0 Å². The Kier molecular flexibility index (Phi) is 4.20. The van der Waals surface area contributed by atoms with E-state index in [1.807, 2.05) is 31.2 Å². The Morgan fingerprint density at radius 1 is 1.50 bits per heavy atom. The number of nitrogens with zero attached hydrogens (tertiary/aromatic N) is 1. The number of hydrogen-bond acceptors (Lipinski definition) is 3. The molecular weight excluding hydrogens is 230 g/mol. The van der Waals surface area contributed by atoms with Crippen molar-refractivity contribution < 1.29 is 14.6 Å². The number of aliphatic carboxylic acids is 1. The third kappa shape index (κ3) is 2.64. The van der Waals surface area contributed by atoms with E-state index in [-0.39, 0.29) is 5.92 Å². The Morgan fingerprint density at radius 3 is 3.00 bits per heavy atom. The van der Waals surface area contributed by atoms with Crippen LogP contribution in [-0.2, 0) is 9.53 Å². The molecule has 98 valence electrons. The van der Waals surface area contributed by atoms with Crippen molar-refractivity contribution >= 4 is 11.7 Å². The molecule has 1 aromatic rings. The van der Waals surface area contributed by atoms with Gasteiger partial charge in [-0.2, -0.15) is 0 Å². The van der Waals surface area contributed by atoms with E-state index in [1.165, 1.54) is 0 Å². The Hall–Kier alpha value is -1.55. The van der Waals surface area contributed by atoms with Crippen molar-refractivity contribution in [3.05, 3.63) is 29.8 Å². The first-order chi connectivity index (χ1) is 8.74. The van der Waals surface area contributed by atoms with Gasteiger partial charge >= 0.3 is 5.97 Å². The second-order valence-corrected chi connectivity index (χ2v) is 4.42. The summed E-state index contributed by atoms with van der Waals surface area (Å²) in [7, 11) is 0. The molecule has 1 N–H and O–H groups in total. The summed E-state index contributed by atoms with van der Waals surface area (Å²) < 4.78 is 5.37. The summed E-state index contributed by atoms with van der Waals surface area (Å²) >= 11 is 0. The highest BCUT2D eigenvalue weighted by atomic mass is 16.5. The molecule has 1 aliphatic rings. The molecule has 0 fully saturated rings. The number of ether oxygens (including phenoxy) is 1. The lowest BCUT2D eigenvalue weighted by Crippen LogP contribution is -2.35. The van der Waals surface area contributed by atoms with Gasteiger partial charge in [-0.1, -0.05) is 18.2 Å². The highest BCUT2D eigenvalue weighted by molar-refractivity contribution is 5.80. The summed E-state index contributed by atoms with van der Waals surface area (Å²) in [6, 6.07) is 7.77. The van der Waals surface area contributed by atoms with Crippen LogP contribution in [0.25, 0.3) is 0 Å². The fourth-order valence-electron chi connectivity index (χ4n) is 2.44. The number of benzene rings is 1. The lowest BCUT2D eigenvalue weighted by molar-refractivity contribution is -0.139. The van der Waals surface area contributed by atoms with Crippen LogP contribution < -0.4 is 4.90 Å². The van der Waals surface area contributed by atoms with Crippen LogP contribution in [0.4, 0.5) is 5.69 Å². The van der Waals surface area contributed by atoms with E-state index in [2.05, 4.69) is 4.90 Å². The largest absolute Gasteiger partial charge is 0.481 e. The number of para-hydroxylation sites is 1. The van der Waals surface area contributed by atoms with Gasteiger partial charge in [0.2, 0.25) is 0 Å². The summed E-state index contributed by atoms with van der Waals surface area (Å²) in [4.78, 5) is 13.5. The third-order valence-corrected chi connectivity index (χ3v) is 3.35. The number of rotatable bonds is 5. The number of carbonyl (C=O) groups is 1. The average Bonchev–Trinajstić information content (AvgIpc) is 2.38. The van der Waals surface area contributed by atoms with Gasteiger partial charge in [0.05, 0.1) is 12.5 Å². The van der Waals surface area contributed by atoms with Gasteiger partial charge in [0, 0.05) is 25.4 Å². The lowest BCUT2D eigenvalue weighted by atomic mass is 9.90. The molecule has 0 radical (unpaired) electrons. The van der Waals surface area contributed by atoms with E-state index < -0.39 is 5.97 Å². The van der Waals surface area contributed by atoms with Crippen LogP contribution in [0.3, 0.4) is 0 Å². The number of hydrogen-bond donors (Lipinski definition) is 1. The van der Waals surface area contributed by atoms with E-state index >= 15 is 0 Å². The quantitative estimate of drug-likeness (QED) is 0.812. The maximum atomic E-state index is 11.2. The van der Waals surface area contributed by atoms with Crippen LogP contribution in [0.5, 0.6) is 0 Å². The zero-order valence-electron chi connectivity index (χ0n) is 10.6. The van der Waals surface area contributed by atoms with Gasteiger partial charge in [0.1, 0.15) is 0 Å². The summed E-state index contributed by atoms with van der Waals surface area (Å²) in [6.45, 7) is 4.97. The highest BCUT2D eigenvalue weighted by Gasteiger charge is 2.29. The first-order valence-corrected chi connectivity index (χ1v) is 6.38. The maximum Gasteiger partial charge on any atom is 0.311 e. The summed E-state index contributed by atoms with van der Waals surface area (Å²) in [5.74, 6) is -1.10. The Balaban J connectivity index is 2.17. The second-order valence-electron chi connectivity index (χ2n) is 4.42. The molecule has 4 nitrogen and oxygen atoms in total. The fraction of sp³-hybridized carbons (Fsp3) is 0.500. The molecular formula is C14H19NO3. The minimum Gasteiger partial charge on any atom is -0.481 e. The number of carboxylic acid groups (broad SMARTS) is 1. The maximum absolute atomic E-state index is 11.2. The normalized spacial score (nSPS) is 18.5. The number of carboxylic acids is 1. The van der Waals surface area contributed by atoms with Gasteiger partial charge in [-0.3, -0.25) is 4.79 Å². The van der Waals surface area contributed by atoms with Crippen LogP contribution in [0.2, 0.25) is 0 Å². The van der Waals surface area contributed by atoms with Crippen molar-refractivity contribution in [2.75, 3.05) is 31.2 Å². The molecule has 0 saturated carbocycles. The minimum absolute atomic E-state index is 0.371. The smallest absolute Gasteiger partial charge is 0.311 e. The Bertz CT molecular complexity index is 419. The van der Waals surface area contributed by atoms with E-state index in [4.69, 9.17) is 4.74 Å². The van der Waals surface area contributed by atoms with Crippen molar-refractivity contribution in [2.45, 2.75) is 19.3 Å². The third-order valence-electron chi connectivity index (χ3n) is 3.35. The number of fused-ring (bicyclic) bond motifs is 1. The van der Waals surface area contributed by atoms with Gasteiger partial charge in [0.15, 0.2) is 0 Å². The first kappa shape index (κ1) is 12.9. The average molecular weight is 249 g/mol. The van der Waals surface area contributed by atoms with Crippen LogP contribution >= 0.6 is 0 Å². The molecule has 0 saturated heterocycles. The topological polar surface area (TPSA) is 49.8 Å². The molecule has 0 amide bonds. The van der Waals surface area contributed by atoms with Crippen LogP contribution in [0.1, 0.15) is 24.8 Å². The van der Waals surface area contributed by atoms with E-state index in [9.17, 15) is 9.90 Å². The molecule has 1 unspecified atom stereocenters. The monoisotopic (exact) mass is 249 g/mol. The summed E-state index contributed by atoms with van der Waals surface area (Å²) in [5, 5.41) is 9.24. The minimum atomic E-state index is -0.730. The lowest BCUT2D eigenvalue weighted by Gasteiger charge is -2.34. The standard InChI is InChI=1S/C14H19NO3/c1-2-18-10-9-15-8-7-12(14(16)17)11-5-3-4-6-13(11)15/h3-6,12H,2,7-10H2,1H3,(H,16,17). The van der Waals surface area contributed by atoms with Gasteiger partial charge in [-0.15, -0.1) is 0 Å². The van der Waals surface area contributed by atoms with E-state index in [0.29, 0.717) is 19.6 Å². The van der Waals surface area contributed by atoms with Crippen molar-refractivity contribution in [3.8, 4) is 0 Å². The SMILES string of the molecule is CCOCCN1CCC(C(=O)O)c2ccccc21. The van der Waals surface area contributed by atoms with Crippen molar-refractivity contribution in [1.29, 1.82) is 0 Å². The zero-order chi connectivity index (χ0) is 13.0. The molecule has 1 atom stereocenters. The van der Waals surface area contributed by atoms with Crippen LogP contribution in [-0.4, -0.2) is 37.4 Å². The van der Waals surface area contributed by atoms with Crippen molar-refractivity contribution in [3.63, 3.8) is 0 Å². The fourth-order valence-corrected chi connectivity index (χ4v) is 2.44. The zero-order valence-corrected chi connectivity index (χ0v) is 10.6. The highest BCUT2D eigenvalue weighted by Crippen LogP contribution is 2.34. The first-order valence-electron chi connectivity index (χ1n) is 6.38. The molecule has 1 aromatic carbocycles. The summed E-state index contributed by atoms with van der Waals surface area (Å²) in [5.41, 5.74) is 1.96. The van der Waals surface area contributed by atoms with Gasteiger partial charge < -0.3 is 14.7 Å². The van der Waals surface area contributed by atoms with Crippen LogP contribution in [0, 0.1) is 0 Å². The molecule has 0 spiro atoms. The summed E-state index contributed by atoms with van der Waals surface area (Å²) in [6.07, 6.45) is 0.665. The molecule has 0 aromatic heterocycles. The molecule has 1 heterocycles. The molecule has 0 aliphatic carbocycles. The molecule has 0 bridgehead atoms. The number of anilines is 1. The predicted octanol–water partition coefficient (Wildman–Crippen LogP) is 2.10. The molecule has 2 rings (SSSR count). The second kappa shape index (κ2) is 5.87. The van der Waals surface area contributed by atoms with Gasteiger partial charge in [-0.05, 0) is 25.0 Å². The molecule has 1 aliphatic heterocycles. The van der Waals surface area contributed by atoms with E-state index in [1.54, 1.807) is 0 Å². The van der Waals surface area contributed by atoms with E-state index in [0.717, 1.165) is 24.3 Å². The molecule has 18 heavy (non-hydrogen) atoms. The van der Waals surface area contributed by atoms with Gasteiger partial charge in [-0.25, -0.2) is 0 Å².